The van der Waals surface area contributed by atoms with Crippen LogP contribution in [-0.4, -0.2) is 23.5 Å². The molecule has 162 valence electrons. The lowest BCUT2D eigenvalue weighted by molar-refractivity contribution is -0.137. The van der Waals surface area contributed by atoms with Crippen molar-refractivity contribution >= 4 is 11.9 Å². The molecule has 0 aromatic heterocycles. The number of carbonyl (C=O) groups excluding carboxylic acids is 1. The summed E-state index contributed by atoms with van der Waals surface area (Å²) in [6.07, 6.45) is 18.8. The van der Waals surface area contributed by atoms with Gasteiger partial charge in [-0.3, -0.25) is 9.59 Å². The molecule has 0 spiro atoms. The minimum atomic E-state index is -0.812. The van der Waals surface area contributed by atoms with E-state index in [0.29, 0.717) is 19.4 Å². The largest absolute Gasteiger partial charge is 0.481 e. The predicted octanol–water partition coefficient (Wildman–Crippen LogP) is 6.56. The van der Waals surface area contributed by atoms with E-state index in [9.17, 15) is 9.59 Å². The van der Waals surface area contributed by atoms with Crippen LogP contribution in [0, 0.1) is 0 Å². The van der Waals surface area contributed by atoms with Crippen molar-refractivity contribution in [3.05, 3.63) is 23.3 Å². The number of unbranched alkanes of at least 4 members (excludes halogenated alkanes) is 7. The van der Waals surface area contributed by atoms with Crippen LogP contribution < -0.4 is 5.32 Å². The molecule has 0 unspecified atom stereocenters. The molecule has 4 nitrogen and oxygen atoms in total. The van der Waals surface area contributed by atoms with E-state index < -0.39 is 5.97 Å². The first-order chi connectivity index (χ1) is 13.5. The number of hydrogen-bond acceptors (Lipinski definition) is 2. The second kappa shape index (κ2) is 18.8. The number of carboxylic acid groups (broad SMARTS) is 1. The molecule has 0 heterocycles. The Morgan fingerprint density at radius 3 is 2.18 bits per heavy atom. The number of carbonyl (C=O) groups is 2. The van der Waals surface area contributed by atoms with Gasteiger partial charge in [-0.15, -0.1) is 0 Å². The number of hydrogen-bond donors (Lipinski definition) is 2. The fraction of sp³-hybridized carbons (Fsp3) is 0.750. The van der Waals surface area contributed by atoms with Gasteiger partial charge < -0.3 is 10.4 Å². The third kappa shape index (κ3) is 17.8. The van der Waals surface area contributed by atoms with Crippen molar-refractivity contribution in [1.82, 2.24) is 5.32 Å². The van der Waals surface area contributed by atoms with Gasteiger partial charge in [0.2, 0.25) is 5.91 Å². The Labute approximate surface area is 172 Å². The van der Waals surface area contributed by atoms with E-state index >= 15 is 0 Å². The van der Waals surface area contributed by atoms with Gasteiger partial charge in [0.15, 0.2) is 0 Å². The van der Waals surface area contributed by atoms with Gasteiger partial charge in [0.05, 0.1) is 0 Å². The maximum absolute atomic E-state index is 11.6. The first-order valence-electron chi connectivity index (χ1n) is 11.3. The number of allylic oxidation sites excluding steroid dienone is 4. The summed E-state index contributed by atoms with van der Waals surface area (Å²) in [5.41, 5.74) is 3.08. The maximum atomic E-state index is 11.6. The van der Waals surface area contributed by atoms with Crippen LogP contribution in [0.15, 0.2) is 23.3 Å². The summed E-state index contributed by atoms with van der Waals surface area (Å²) >= 11 is 0. The maximum Gasteiger partial charge on any atom is 0.303 e. The summed E-state index contributed by atoms with van der Waals surface area (Å²) in [6.45, 7) is 7.24. The quantitative estimate of drug-likeness (QED) is 0.205. The molecule has 0 aliphatic carbocycles. The van der Waals surface area contributed by atoms with Crippen LogP contribution >= 0.6 is 0 Å². The van der Waals surface area contributed by atoms with Crippen molar-refractivity contribution in [1.29, 1.82) is 0 Å². The summed E-state index contributed by atoms with van der Waals surface area (Å²) in [5, 5.41) is 11.3. The van der Waals surface area contributed by atoms with Gasteiger partial charge in [-0.2, -0.15) is 0 Å². The highest BCUT2D eigenvalue weighted by Gasteiger charge is 2.02. The molecular weight excluding hydrogens is 350 g/mol. The molecule has 0 radical (unpaired) electrons. The van der Waals surface area contributed by atoms with Crippen LogP contribution in [0.4, 0.5) is 0 Å². The van der Waals surface area contributed by atoms with Crippen LogP contribution in [0.2, 0.25) is 0 Å². The molecule has 0 saturated carbocycles. The molecule has 2 N–H and O–H groups in total. The fourth-order valence-electron chi connectivity index (χ4n) is 3.04. The Morgan fingerprint density at radius 1 is 0.786 bits per heavy atom. The van der Waals surface area contributed by atoms with Crippen molar-refractivity contribution in [2.24, 2.45) is 0 Å². The molecule has 0 atom stereocenters. The molecular formula is C24H43NO3. The van der Waals surface area contributed by atoms with Gasteiger partial charge in [0.1, 0.15) is 0 Å². The zero-order valence-corrected chi connectivity index (χ0v) is 18.5. The monoisotopic (exact) mass is 393 g/mol. The van der Waals surface area contributed by atoms with Crippen molar-refractivity contribution < 1.29 is 14.7 Å². The number of rotatable bonds is 18. The summed E-state index contributed by atoms with van der Waals surface area (Å²) in [7, 11) is 0. The smallest absolute Gasteiger partial charge is 0.303 e. The lowest BCUT2D eigenvalue weighted by Gasteiger charge is -2.05. The van der Waals surface area contributed by atoms with E-state index in [1.807, 2.05) is 0 Å². The Morgan fingerprint density at radius 2 is 1.46 bits per heavy atom. The Balaban J connectivity index is 3.53. The minimum absolute atomic E-state index is 0.0433. The van der Waals surface area contributed by atoms with Gasteiger partial charge >= 0.3 is 5.97 Å². The normalized spacial score (nSPS) is 12.2. The standard InChI is InChI=1S/C24H43NO3/c1-4-5-12-16-21(2)22(3)17-13-10-8-6-7-9-11-14-18-23(26)25-20-15-19-24(27)28/h10,13H,4-9,11-12,14-20H2,1-3H3,(H,25,26)(H,27,28)/b13-10-,22-21-. The predicted molar refractivity (Wildman–Crippen MR) is 118 cm³/mol. The van der Waals surface area contributed by atoms with Crippen LogP contribution in [0.1, 0.15) is 111 Å². The zero-order valence-electron chi connectivity index (χ0n) is 18.5. The van der Waals surface area contributed by atoms with E-state index in [1.54, 1.807) is 5.57 Å². The molecule has 0 aromatic carbocycles. The Bertz CT molecular complexity index is 480. The Kier molecular flexibility index (Phi) is 17.7. The first kappa shape index (κ1) is 26.4. The molecule has 0 bridgehead atoms. The minimum Gasteiger partial charge on any atom is -0.481 e. The number of carboxylic acids is 1. The van der Waals surface area contributed by atoms with Crippen molar-refractivity contribution in [3.63, 3.8) is 0 Å². The zero-order chi connectivity index (χ0) is 21.0. The molecule has 0 rings (SSSR count). The van der Waals surface area contributed by atoms with E-state index in [1.165, 1.54) is 50.5 Å². The SMILES string of the molecule is CCCCC/C(C)=C(/C)C/C=C\CCCCCCCC(=O)NCCCC(=O)O. The molecule has 0 saturated heterocycles. The summed E-state index contributed by atoms with van der Waals surface area (Å²) < 4.78 is 0. The van der Waals surface area contributed by atoms with Crippen molar-refractivity contribution in [2.45, 2.75) is 111 Å². The van der Waals surface area contributed by atoms with E-state index in [-0.39, 0.29) is 12.3 Å². The van der Waals surface area contributed by atoms with Gasteiger partial charge in [-0.25, -0.2) is 0 Å². The summed E-state index contributed by atoms with van der Waals surface area (Å²) in [6, 6.07) is 0. The molecule has 4 heteroatoms. The van der Waals surface area contributed by atoms with Gasteiger partial charge in [-0.1, -0.05) is 62.3 Å². The highest BCUT2D eigenvalue weighted by atomic mass is 16.4. The topological polar surface area (TPSA) is 66.4 Å². The van der Waals surface area contributed by atoms with Gasteiger partial charge in [0, 0.05) is 19.4 Å². The molecule has 28 heavy (non-hydrogen) atoms. The number of amides is 1. The summed E-state index contributed by atoms with van der Waals surface area (Å²) in [4.78, 5) is 22.0. The lowest BCUT2D eigenvalue weighted by atomic mass is 10.0. The molecule has 0 aliphatic rings. The average Bonchev–Trinajstić information content (AvgIpc) is 2.66. The molecule has 0 aliphatic heterocycles. The van der Waals surface area contributed by atoms with Crippen molar-refractivity contribution in [2.75, 3.05) is 6.54 Å². The van der Waals surface area contributed by atoms with Crippen LogP contribution in [-0.2, 0) is 9.59 Å². The highest BCUT2D eigenvalue weighted by Crippen LogP contribution is 2.16. The molecule has 1 amide bonds. The second-order valence-electron chi connectivity index (χ2n) is 7.85. The average molecular weight is 394 g/mol. The number of aliphatic carboxylic acids is 1. The van der Waals surface area contributed by atoms with Crippen LogP contribution in [0.25, 0.3) is 0 Å². The van der Waals surface area contributed by atoms with Crippen LogP contribution in [0.5, 0.6) is 0 Å². The van der Waals surface area contributed by atoms with Crippen LogP contribution in [0.3, 0.4) is 0 Å². The Hall–Kier alpha value is -1.58. The van der Waals surface area contributed by atoms with E-state index in [2.05, 4.69) is 38.2 Å². The van der Waals surface area contributed by atoms with E-state index in [0.717, 1.165) is 25.7 Å². The van der Waals surface area contributed by atoms with E-state index in [4.69, 9.17) is 5.11 Å². The van der Waals surface area contributed by atoms with Crippen molar-refractivity contribution in [3.8, 4) is 0 Å². The van der Waals surface area contributed by atoms with Gasteiger partial charge in [-0.05, 0) is 58.8 Å². The molecule has 0 aromatic rings. The third-order valence-electron chi connectivity index (χ3n) is 5.14. The first-order valence-corrected chi connectivity index (χ1v) is 11.3. The summed E-state index contributed by atoms with van der Waals surface area (Å²) in [5.74, 6) is -0.769. The lowest BCUT2D eigenvalue weighted by Crippen LogP contribution is -2.24. The number of nitrogens with one attached hydrogen (secondary N) is 1. The second-order valence-corrected chi connectivity index (χ2v) is 7.85. The highest BCUT2D eigenvalue weighted by molar-refractivity contribution is 5.75. The molecule has 0 fully saturated rings. The fourth-order valence-corrected chi connectivity index (χ4v) is 3.04. The third-order valence-corrected chi connectivity index (χ3v) is 5.14. The van der Waals surface area contributed by atoms with Gasteiger partial charge in [0.25, 0.3) is 0 Å².